The number of aromatic nitrogens is 3. The molecule has 3 aromatic rings. The highest BCUT2D eigenvalue weighted by atomic mass is 16.2. The van der Waals surface area contributed by atoms with Crippen LogP contribution in [0.25, 0.3) is 22.3 Å². The predicted molar refractivity (Wildman–Crippen MR) is 117 cm³/mol. The molecule has 3 heterocycles. The van der Waals surface area contributed by atoms with Crippen molar-refractivity contribution in [3.8, 4) is 11.4 Å². The van der Waals surface area contributed by atoms with Crippen molar-refractivity contribution < 1.29 is 4.79 Å². The quantitative estimate of drug-likeness (QED) is 0.653. The minimum Gasteiger partial charge on any atom is -0.342 e. The maximum atomic E-state index is 13.3. The number of nitrogens with zero attached hydrogens (tertiary/aromatic N) is 3. The number of H-pyrrole nitrogens is 1. The van der Waals surface area contributed by atoms with Crippen molar-refractivity contribution in [3.05, 3.63) is 35.0 Å². The van der Waals surface area contributed by atoms with E-state index in [4.69, 9.17) is 0 Å². The molecule has 29 heavy (non-hydrogen) atoms. The normalized spacial score (nSPS) is 18.0. The van der Waals surface area contributed by atoms with E-state index in [1.54, 1.807) is 0 Å². The van der Waals surface area contributed by atoms with Crippen molar-refractivity contribution in [2.45, 2.75) is 59.3 Å². The lowest BCUT2D eigenvalue weighted by Crippen LogP contribution is -2.40. The summed E-state index contributed by atoms with van der Waals surface area (Å²) in [4.78, 5) is 15.3. The summed E-state index contributed by atoms with van der Waals surface area (Å²) in [6.07, 6.45) is 5.18. The Bertz CT molecular complexity index is 1160. The third-order valence-corrected chi connectivity index (χ3v) is 6.63. The maximum absolute atomic E-state index is 13.3. The van der Waals surface area contributed by atoms with Gasteiger partial charge in [-0.1, -0.05) is 20.8 Å². The number of fused-ring (bicyclic) bond motifs is 6. The van der Waals surface area contributed by atoms with Crippen LogP contribution in [0.1, 0.15) is 57.7 Å². The zero-order valence-corrected chi connectivity index (χ0v) is 18.3. The minimum absolute atomic E-state index is 0.0424. The van der Waals surface area contributed by atoms with Gasteiger partial charge in [-0.3, -0.25) is 9.89 Å². The summed E-state index contributed by atoms with van der Waals surface area (Å²) >= 11 is 0. The van der Waals surface area contributed by atoms with Crippen LogP contribution in [-0.4, -0.2) is 27.2 Å². The highest BCUT2D eigenvalue weighted by Gasteiger charge is 2.45. The number of anilines is 1. The predicted octanol–water partition coefficient (Wildman–Crippen LogP) is 4.73. The molecule has 5 nitrogen and oxygen atoms in total. The number of rotatable bonds is 1. The number of nitrogens with one attached hydrogen (secondary N) is 1. The third kappa shape index (κ3) is 2.52. The van der Waals surface area contributed by atoms with Gasteiger partial charge in [-0.25, -0.2) is 0 Å². The van der Waals surface area contributed by atoms with Gasteiger partial charge in [0.2, 0.25) is 5.91 Å². The van der Waals surface area contributed by atoms with Crippen LogP contribution in [0.2, 0.25) is 0 Å². The molecule has 0 fully saturated rings. The molecule has 1 N–H and O–H groups in total. The summed E-state index contributed by atoms with van der Waals surface area (Å²) in [5.74, 6) is 0.208. The van der Waals surface area contributed by atoms with Crippen molar-refractivity contribution in [2.75, 3.05) is 11.4 Å². The van der Waals surface area contributed by atoms with Gasteiger partial charge in [-0.2, -0.15) is 5.10 Å². The summed E-state index contributed by atoms with van der Waals surface area (Å²) in [5.41, 5.74) is 8.04. The molecule has 1 aliphatic heterocycles. The number of amides is 1. The first kappa shape index (κ1) is 18.5. The van der Waals surface area contributed by atoms with Crippen molar-refractivity contribution in [1.82, 2.24) is 14.8 Å². The van der Waals surface area contributed by atoms with E-state index >= 15 is 0 Å². The largest absolute Gasteiger partial charge is 0.342 e. The zero-order chi connectivity index (χ0) is 20.7. The van der Waals surface area contributed by atoms with Gasteiger partial charge in [0.15, 0.2) is 0 Å². The molecular weight excluding hydrogens is 360 g/mol. The molecule has 1 amide bonds. The van der Waals surface area contributed by atoms with Gasteiger partial charge in [0.1, 0.15) is 0 Å². The van der Waals surface area contributed by atoms with Gasteiger partial charge in [0.25, 0.3) is 0 Å². The number of aryl methyl sites for hydroxylation is 3. The van der Waals surface area contributed by atoms with Crippen molar-refractivity contribution in [2.24, 2.45) is 12.5 Å². The van der Waals surface area contributed by atoms with Gasteiger partial charge in [0, 0.05) is 30.2 Å². The number of carbonyl (C=O) groups is 1. The molecular formula is C24H30N4O. The fraction of sp³-hybridized carbons (Fsp3) is 0.500. The average molecular weight is 391 g/mol. The van der Waals surface area contributed by atoms with Gasteiger partial charge in [-0.15, -0.1) is 0 Å². The van der Waals surface area contributed by atoms with Crippen molar-refractivity contribution >= 4 is 22.5 Å². The molecule has 1 aliphatic carbocycles. The van der Waals surface area contributed by atoms with Crippen molar-refractivity contribution in [3.63, 3.8) is 0 Å². The van der Waals surface area contributed by atoms with Gasteiger partial charge in [0.05, 0.1) is 23.0 Å². The topological polar surface area (TPSA) is 53.9 Å². The van der Waals surface area contributed by atoms with Gasteiger partial charge in [-0.05, 0) is 67.3 Å². The monoisotopic (exact) mass is 390 g/mol. The Morgan fingerprint density at radius 2 is 1.97 bits per heavy atom. The number of carbonyl (C=O) groups excluding carboxylic acids is 1. The fourth-order valence-electron chi connectivity index (χ4n) is 5.20. The average Bonchev–Trinajstić information content (AvgIpc) is 3.20. The second kappa shape index (κ2) is 5.74. The van der Waals surface area contributed by atoms with Crippen LogP contribution in [0.3, 0.4) is 0 Å². The lowest BCUT2D eigenvalue weighted by molar-refractivity contribution is -0.122. The molecule has 1 aromatic carbocycles. The summed E-state index contributed by atoms with van der Waals surface area (Å²) in [6, 6.07) is 4.54. The van der Waals surface area contributed by atoms with E-state index in [0.717, 1.165) is 42.8 Å². The number of hydrogen-bond donors (Lipinski definition) is 1. The number of benzene rings is 1. The van der Waals surface area contributed by atoms with Gasteiger partial charge < -0.3 is 9.47 Å². The Labute approximate surface area is 172 Å². The Kier molecular flexibility index (Phi) is 3.66. The van der Waals surface area contributed by atoms with Crippen LogP contribution in [0.4, 0.5) is 5.69 Å². The molecule has 152 valence electrons. The minimum atomic E-state index is -0.504. The summed E-state index contributed by atoms with van der Waals surface area (Å²) < 4.78 is 2.29. The second-order valence-corrected chi connectivity index (χ2v) is 10.5. The van der Waals surface area contributed by atoms with E-state index in [9.17, 15) is 4.79 Å². The standard InChI is InChI=1S/C24H30N4O/c1-23(2,3)13-28-19-10-16-15-9-7-8-14-12-25-26-20(14)21(15)27(6)18(16)11-17(19)24(4,5)22(28)29/h10-12H,7-9,13H2,1-6H3,(H,25,26). The molecule has 2 aromatic heterocycles. The smallest absolute Gasteiger partial charge is 0.237 e. The van der Waals surface area contributed by atoms with Crippen LogP contribution in [0, 0.1) is 5.41 Å². The number of hydrogen-bond acceptors (Lipinski definition) is 2. The fourth-order valence-corrected chi connectivity index (χ4v) is 5.20. The summed E-state index contributed by atoms with van der Waals surface area (Å²) in [6.45, 7) is 11.4. The van der Waals surface area contributed by atoms with E-state index in [1.165, 1.54) is 27.7 Å². The highest BCUT2D eigenvalue weighted by molar-refractivity contribution is 6.10. The molecule has 0 bridgehead atoms. The van der Waals surface area contributed by atoms with Crippen molar-refractivity contribution in [1.29, 1.82) is 0 Å². The summed E-state index contributed by atoms with van der Waals surface area (Å²) in [7, 11) is 2.14. The lowest BCUT2D eigenvalue weighted by atomic mass is 9.85. The van der Waals surface area contributed by atoms with Crippen LogP contribution in [0.15, 0.2) is 18.3 Å². The Morgan fingerprint density at radius 3 is 2.69 bits per heavy atom. The molecule has 0 atom stereocenters. The molecule has 0 spiro atoms. The molecule has 2 aliphatic rings. The Morgan fingerprint density at radius 1 is 1.21 bits per heavy atom. The Balaban J connectivity index is 1.79. The molecule has 0 unspecified atom stereocenters. The molecule has 0 saturated heterocycles. The Hall–Kier alpha value is -2.56. The van der Waals surface area contributed by atoms with E-state index in [2.05, 4.69) is 68.6 Å². The van der Waals surface area contributed by atoms with E-state index < -0.39 is 5.41 Å². The van der Waals surface area contributed by atoms with Crippen LogP contribution in [0.5, 0.6) is 0 Å². The third-order valence-electron chi connectivity index (χ3n) is 6.63. The molecule has 0 saturated carbocycles. The van der Waals surface area contributed by atoms with E-state index in [-0.39, 0.29) is 11.3 Å². The van der Waals surface area contributed by atoms with Crippen LogP contribution >= 0.6 is 0 Å². The zero-order valence-electron chi connectivity index (χ0n) is 18.3. The van der Waals surface area contributed by atoms with E-state index in [0.29, 0.717) is 0 Å². The lowest BCUT2D eigenvalue weighted by Gasteiger charge is -2.28. The van der Waals surface area contributed by atoms with Gasteiger partial charge >= 0.3 is 0 Å². The molecule has 5 rings (SSSR count). The van der Waals surface area contributed by atoms with Crippen LogP contribution < -0.4 is 4.90 Å². The van der Waals surface area contributed by atoms with E-state index in [1.807, 2.05) is 11.1 Å². The summed E-state index contributed by atoms with van der Waals surface area (Å²) in [5, 5.41) is 8.82. The molecule has 0 radical (unpaired) electrons. The number of aromatic amines is 1. The highest BCUT2D eigenvalue weighted by Crippen LogP contribution is 2.47. The maximum Gasteiger partial charge on any atom is 0.237 e. The first-order valence-electron chi connectivity index (χ1n) is 10.6. The first-order valence-corrected chi connectivity index (χ1v) is 10.6. The first-order chi connectivity index (χ1) is 13.6. The molecule has 5 heteroatoms. The van der Waals surface area contributed by atoms with Crippen LogP contribution in [-0.2, 0) is 30.1 Å². The SMILES string of the molecule is Cn1c2c(c3cc4c(cc31)C(C)(C)C(=O)N4CC(C)(C)C)CCCc1cn[nH]c1-2. The second-order valence-electron chi connectivity index (χ2n) is 10.5.